The maximum absolute atomic E-state index is 12.7. The SMILES string of the molecule is O=S(=O)(NCc1ccc(Cl)c(CF)c1)c1ccc(O)c(O)c1. The first-order chi connectivity index (χ1) is 10.3. The van der Waals surface area contributed by atoms with Gasteiger partial charge in [0.15, 0.2) is 11.5 Å². The molecule has 0 saturated carbocycles. The molecule has 0 atom stereocenters. The first-order valence-electron chi connectivity index (χ1n) is 6.18. The fourth-order valence-electron chi connectivity index (χ4n) is 1.77. The van der Waals surface area contributed by atoms with Gasteiger partial charge in [-0.2, -0.15) is 0 Å². The van der Waals surface area contributed by atoms with Gasteiger partial charge in [0.05, 0.1) is 4.90 Å². The maximum Gasteiger partial charge on any atom is 0.241 e. The van der Waals surface area contributed by atoms with Crippen molar-refractivity contribution in [3.05, 3.63) is 52.5 Å². The van der Waals surface area contributed by atoms with Crippen molar-refractivity contribution in [2.75, 3.05) is 0 Å². The second-order valence-electron chi connectivity index (χ2n) is 4.53. The molecule has 5 nitrogen and oxygen atoms in total. The molecule has 0 saturated heterocycles. The van der Waals surface area contributed by atoms with Gasteiger partial charge in [-0.25, -0.2) is 17.5 Å². The molecule has 22 heavy (non-hydrogen) atoms. The first kappa shape index (κ1) is 16.5. The summed E-state index contributed by atoms with van der Waals surface area (Å²) in [5.41, 5.74) is 0.823. The molecule has 0 aliphatic heterocycles. The summed E-state index contributed by atoms with van der Waals surface area (Å²) in [6.45, 7) is -0.806. The minimum Gasteiger partial charge on any atom is -0.504 e. The minimum absolute atomic E-state index is 0.0614. The van der Waals surface area contributed by atoms with Gasteiger partial charge < -0.3 is 10.2 Å². The topological polar surface area (TPSA) is 86.6 Å². The van der Waals surface area contributed by atoms with Gasteiger partial charge in [0.25, 0.3) is 0 Å². The van der Waals surface area contributed by atoms with Crippen LogP contribution in [-0.4, -0.2) is 18.6 Å². The van der Waals surface area contributed by atoms with E-state index in [0.29, 0.717) is 5.56 Å². The molecule has 8 heteroatoms. The van der Waals surface area contributed by atoms with Gasteiger partial charge in [-0.1, -0.05) is 23.7 Å². The van der Waals surface area contributed by atoms with Crippen LogP contribution < -0.4 is 4.72 Å². The molecule has 0 radical (unpaired) electrons. The fourth-order valence-corrected chi connectivity index (χ4v) is 2.98. The maximum atomic E-state index is 12.7. The van der Waals surface area contributed by atoms with Crippen molar-refractivity contribution < 1.29 is 23.0 Å². The summed E-state index contributed by atoms with van der Waals surface area (Å²) in [4.78, 5) is -0.192. The Kier molecular flexibility index (Phi) is 4.90. The van der Waals surface area contributed by atoms with Crippen LogP contribution in [0.5, 0.6) is 11.5 Å². The van der Waals surface area contributed by atoms with Gasteiger partial charge in [0.1, 0.15) is 6.67 Å². The molecular weight excluding hydrogens is 333 g/mol. The number of benzene rings is 2. The van der Waals surface area contributed by atoms with Crippen LogP contribution in [0.4, 0.5) is 4.39 Å². The van der Waals surface area contributed by atoms with E-state index in [4.69, 9.17) is 11.6 Å². The van der Waals surface area contributed by atoms with Crippen molar-refractivity contribution in [1.82, 2.24) is 4.72 Å². The van der Waals surface area contributed by atoms with Gasteiger partial charge in [-0.3, -0.25) is 0 Å². The lowest BCUT2D eigenvalue weighted by atomic mass is 10.1. The zero-order valence-electron chi connectivity index (χ0n) is 11.3. The van der Waals surface area contributed by atoms with Gasteiger partial charge in [0, 0.05) is 23.2 Å². The number of alkyl halides is 1. The number of phenols is 2. The summed E-state index contributed by atoms with van der Waals surface area (Å²) in [6.07, 6.45) is 0. The summed E-state index contributed by atoms with van der Waals surface area (Å²) < 4.78 is 39.2. The van der Waals surface area contributed by atoms with Crippen molar-refractivity contribution in [2.24, 2.45) is 0 Å². The Hall–Kier alpha value is -1.83. The predicted octanol–water partition coefficient (Wildman–Crippen LogP) is 2.70. The minimum atomic E-state index is -3.88. The third-order valence-corrected chi connectivity index (χ3v) is 4.75. The first-order valence-corrected chi connectivity index (χ1v) is 8.04. The van der Waals surface area contributed by atoms with E-state index in [0.717, 1.165) is 18.2 Å². The quantitative estimate of drug-likeness (QED) is 0.727. The van der Waals surface area contributed by atoms with Crippen molar-refractivity contribution >= 4 is 21.6 Å². The predicted molar refractivity (Wildman–Crippen MR) is 80.1 cm³/mol. The Morgan fingerprint density at radius 2 is 1.82 bits per heavy atom. The van der Waals surface area contributed by atoms with Crippen LogP contribution >= 0.6 is 11.6 Å². The average molecular weight is 346 g/mol. The van der Waals surface area contributed by atoms with E-state index in [1.807, 2.05) is 0 Å². The van der Waals surface area contributed by atoms with Crippen LogP contribution in [0.1, 0.15) is 11.1 Å². The molecular formula is C14H13ClFNO4S. The molecule has 0 fully saturated rings. The number of hydrogen-bond donors (Lipinski definition) is 3. The van der Waals surface area contributed by atoms with E-state index >= 15 is 0 Å². The van der Waals surface area contributed by atoms with Crippen LogP contribution in [0, 0.1) is 0 Å². The van der Waals surface area contributed by atoms with Crippen LogP contribution in [-0.2, 0) is 23.2 Å². The number of halogens is 2. The zero-order chi connectivity index (χ0) is 16.3. The van der Waals surface area contributed by atoms with Crippen molar-refractivity contribution in [3.8, 4) is 11.5 Å². The lowest BCUT2D eigenvalue weighted by Crippen LogP contribution is -2.23. The Morgan fingerprint density at radius 1 is 1.09 bits per heavy atom. The molecule has 0 amide bonds. The molecule has 2 rings (SSSR count). The Balaban J connectivity index is 2.17. The smallest absolute Gasteiger partial charge is 0.241 e. The molecule has 2 aromatic rings. The van der Waals surface area contributed by atoms with E-state index in [2.05, 4.69) is 4.72 Å². The molecule has 0 spiro atoms. The van der Waals surface area contributed by atoms with E-state index in [9.17, 15) is 23.0 Å². The molecule has 0 aliphatic carbocycles. The van der Waals surface area contributed by atoms with Crippen molar-refractivity contribution in [2.45, 2.75) is 18.1 Å². The number of aromatic hydroxyl groups is 2. The second-order valence-corrected chi connectivity index (χ2v) is 6.71. The Morgan fingerprint density at radius 3 is 2.45 bits per heavy atom. The molecule has 0 aromatic heterocycles. The lowest BCUT2D eigenvalue weighted by Gasteiger charge is -2.09. The monoisotopic (exact) mass is 345 g/mol. The highest BCUT2D eigenvalue weighted by atomic mass is 35.5. The normalized spacial score (nSPS) is 11.5. The molecule has 0 unspecified atom stereocenters. The highest BCUT2D eigenvalue weighted by Gasteiger charge is 2.16. The Labute approximate surface area is 132 Å². The summed E-state index contributed by atoms with van der Waals surface area (Å²) in [7, 11) is -3.88. The van der Waals surface area contributed by atoms with E-state index in [-0.39, 0.29) is 22.0 Å². The van der Waals surface area contributed by atoms with Crippen LogP contribution in [0.25, 0.3) is 0 Å². The zero-order valence-corrected chi connectivity index (χ0v) is 12.8. The van der Waals surface area contributed by atoms with Crippen LogP contribution in [0.2, 0.25) is 5.02 Å². The molecule has 118 valence electrons. The second kappa shape index (κ2) is 6.51. The van der Waals surface area contributed by atoms with Crippen molar-refractivity contribution in [3.63, 3.8) is 0 Å². The average Bonchev–Trinajstić information content (AvgIpc) is 2.49. The molecule has 2 aromatic carbocycles. The van der Waals surface area contributed by atoms with Gasteiger partial charge in [-0.15, -0.1) is 0 Å². The summed E-state index contributed by atoms with van der Waals surface area (Å²) in [6, 6.07) is 7.72. The summed E-state index contributed by atoms with van der Waals surface area (Å²) >= 11 is 5.78. The van der Waals surface area contributed by atoms with Crippen LogP contribution in [0.15, 0.2) is 41.3 Å². The molecule has 0 bridgehead atoms. The van der Waals surface area contributed by atoms with E-state index in [1.54, 1.807) is 6.07 Å². The molecule has 0 aliphatic rings. The van der Waals surface area contributed by atoms with Gasteiger partial charge in [-0.05, 0) is 23.8 Å². The Bertz CT molecular complexity index is 795. The number of nitrogens with one attached hydrogen (secondary N) is 1. The fraction of sp³-hybridized carbons (Fsp3) is 0.143. The largest absolute Gasteiger partial charge is 0.504 e. The highest BCUT2D eigenvalue weighted by molar-refractivity contribution is 7.89. The lowest BCUT2D eigenvalue weighted by molar-refractivity contribution is 0.402. The number of hydrogen-bond acceptors (Lipinski definition) is 4. The van der Waals surface area contributed by atoms with Gasteiger partial charge in [0.2, 0.25) is 10.0 Å². The van der Waals surface area contributed by atoms with E-state index < -0.39 is 28.2 Å². The summed E-state index contributed by atoms with van der Waals surface area (Å²) in [5, 5.41) is 18.8. The third kappa shape index (κ3) is 3.68. The number of rotatable bonds is 5. The van der Waals surface area contributed by atoms with Gasteiger partial charge >= 0.3 is 0 Å². The van der Waals surface area contributed by atoms with Crippen molar-refractivity contribution in [1.29, 1.82) is 0 Å². The molecule has 0 heterocycles. The molecule has 3 N–H and O–H groups in total. The number of sulfonamides is 1. The van der Waals surface area contributed by atoms with E-state index in [1.165, 1.54) is 12.1 Å². The van der Waals surface area contributed by atoms with Crippen LogP contribution in [0.3, 0.4) is 0 Å². The number of phenolic OH excluding ortho intramolecular Hbond substituents is 2. The highest BCUT2D eigenvalue weighted by Crippen LogP contribution is 2.27. The summed E-state index contributed by atoms with van der Waals surface area (Å²) in [5.74, 6) is -0.946. The third-order valence-electron chi connectivity index (χ3n) is 2.98. The standard InChI is InChI=1S/C14H13ClFNO4S/c15-12-3-1-9(5-10(12)7-16)8-17-22(20,21)11-2-4-13(18)14(19)6-11/h1-6,17-19H,7-8H2.